The van der Waals surface area contributed by atoms with Crippen LogP contribution in [-0.2, 0) is 0 Å². The molecule has 0 aromatic heterocycles. The molecule has 0 saturated heterocycles. The standard InChI is InChI=1S/C15H18FNO/c1-3-11-9-13(14(16)8-10(11)2)15(18)17-12-6-4-5-7-12/h3,8-9,12H,1,4-7H2,2H3,(H,17,18). The van der Waals surface area contributed by atoms with Crippen molar-refractivity contribution in [3.8, 4) is 0 Å². The van der Waals surface area contributed by atoms with Gasteiger partial charge in [0.05, 0.1) is 5.56 Å². The first kappa shape index (κ1) is 12.8. The highest BCUT2D eigenvalue weighted by Gasteiger charge is 2.20. The Bertz CT molecular complexity index is 476. The Morgan fingerprint density at radius 3 is 2.72 bits per heavy atom. The van der Waals surface area contributed by atoms with Crippen LogP contribution in [0, 0.1) is 12.7 Å². The van der Waals surface area contributed by atoms with Gasteiger partial charge in [0.1, 0.15) is 5.82 Å². The lowest BCUT2D eigenvalue weighted by Crippen LogP contribution is -2.33. The average molecular weight is 247 g/mol. The summed E-state index contributed by atoms with van der Waals surface area (Å²) in [5.74, 6) is -0.781. The molecule has 96 valence electrons. The van der Waals surface area contributed by atoms with Crippen molar-refractivity contribution < 1.29 is 9.18 Å². The molecule has 1 amide bonds. The molecular formula is C15H18FNO. The van der Waals surface area contributed by atoms with E-state index < -0.39 is 5.82 Å². The monoisotopic (exact) mass is 247 g/mol. The van der Waals surface area contributed by atoms with E-state index in [1.807, 2.05) is 0 Å². The Kier molecular flexibility index (Phi) is 3.80. The van der Waals surface area contributed by atoms with Crippen molar-refractivity contribution in [3.63, 3.8) is 0 Å². The number of hydrogen-bond acceptors (Lipinski definition) is 1. The molecule has 18 heavy (non-hydrogen) atoms. The number of aryl methyl sites for hydroxylation is 1. The zero-order chi connectivity index (χ0) is 13.1. The first-order valence-electron chi connectivity index (χ1n) is 6.35. The van der Waals surface area contributed by atoms with Gasteiger partial charge in [0, 0.05) is 6.04 Å². The summed E-state index contributed by atoms with van der Waals surface area (Å²) < 4.78 is 13.8. The van der Waals surface area contributed by atoms with Gasteiger partial charge in [-0.2, -0.15) is 0 Å². The molecule has 1 fully saturated rings. The van der Waals surface area contributed by atoms with E-state index in [9.17, 15) is 9.18 Å². The van der Waals surface area contributed by atoms with Gasteiger partial charge in [-0.1, -0.05) is 25.5 Å². The topological polar surface area (TPSA) is 29.1 Å². The van der Waals surface area contributed by atoms with Crippen LogP contribution in [-0.4, -0.2) is 11.9 Å². The fraction of sp³-hybridized carbons (Fsp3) is 0.400. The Labute approximate surface area is 107 Å². The normalized spacial score (nSPS) is 15.7. The van der Waals surface area contributed by atoms with E-state index in [2.05, 4.69) is 11.9 Å². The second-order valence-electron chi connectivity index (χ2n) is 4.85. The number of rotatable bonds is 3. The van der Waals surface area contributed by atoms with Crippen LogP contribution < -0.4 is 5.32 Å². The molecular weight excluding hydrogens is 229 g/mol. The Morgan fingerprint density at radius 2 is 2.11 bits per heavy atom. The van der Waals surface area contributed by atoms with Crippen molar-refractivity contribution in [2.75, 3.05) is 0 Å². The van der Waals surface area contributed by atoms with E-state index >= 15 is 0 Å². The minimum atomic E-state index is -0.464. The largest absolute Gasteiger partial charge is 0.349 e. The molecule has 1 aromatic rings. The van der Waals surface area contributed by atoms with E-state index in [1.54, 1.807) is 19.1 Å². The van der Waals surface area contributed by atoms with Gasteiger partial charge in [0.15, 0.2) is 0 Å². The quantitative estimate of drug-likeness (QED) is 0.870. The van der Waals surface area contributed by atoms with Gasteiger partial charge in [-0.15, -0.1) is 0 Å². The summed E-state index contributed by atoms with van der Waals surface area (Å²) >= 11 is 0. The van der Waals surface area contributed by atoms with Crippen LogP contribution in [0.3, 0.4) is 0 Å². The van der Waals surface area contributed by atoms with Crippen molar-refractivity contribution in [3.05, 3.63) is 41.2 Å². The third-order valence-corrected chi connectivity index (χ3v) is 3.51. The second kappa shape index (κ2) is 5.34. The first-order valence-corrected chi connectivity index (χ1v) is 6.35. The molecule has 1 aliphatic rings. The Hall–Kier alpha value is -1.64. The fourth-order valence-electron chi connectivity index (χ4n) is 2.42. The van der Waals surface area contributed by atoms with Gasteiger partial charge in [0.25, 0.3) is 5.91 Å². The van der Waals surface area contributed by atoms with E-state index in [0.29, 0.717) is 0 Å². The summed E-state index contributed by atoms with van der Waals surface area (Å²) in [4.78, 5) is 12.0. The highest BCUT2D eigenvalue weighted by Crippen LogP contribution is 2.20. The molecule has 0 radical (unpaired) electrons. The summed E-state index contributed by atoms with van der Waals surface area (Å²) in [6.07, 6.45) is 5.90. The molecule has 0 atom stereocenters. The molecule has 3 heteroatoms. The lowest BCUT2D eigenvalue weighted by molar-refractivity contribution is 0.0934. The Balaban J connectivity index is 2.20. The molecule has 2 rings (SSSR count). The SMILES string of the molecule is C=Cc1cc(C(=O)NC2CCCC2)c(F)cc1C. The molecule has 1 aromatic carbocycles. The second-order valence-corrected chi connectivity index (χ2v) is 4.85. The van der Waals surface area contributed by atoms with E-state index in [4.69, 9.17) is 0 Å². The van der Waals surface area contributed by atoms with Crippen LogP contribution in [0.15, 0.2) is 18.7 Å². The molecule has 0 unspecified atom stereocenters. The third kappa shape index (κ3) is 2.61. The van der Waals surface area contributed by atoms with Crippen LogP contribution >= 0.6 is 0 Å². The van der Waals surface area contributed by atoms with E-state index in [1.165, 1.54) is 6.07 Å². The summed E-state index contributed by atoms with van der Waals surface area (Å²) in [6.45, 7) is 5.48. The van der Waals surface area contributed by atoms with Crippen LogP contribution in [0.1, 0.15) is 47.2 Å². The molecule has 1 saturated carbocycles. The molecule has 1 aliphatic carbocycles. The number of nitrogens with one attached hydrogen (secondary N) is 1. The number of benzene rings is 1. The first-order chi connectivity index (χ1) is 8.61. The van der Waals surface area contributed by atoms with Crippen LogP contribution in [0.4, 0.5) is 4.39 Å². The third-order valence-electron chi connectivity index (χ3n) is 3.51. The predicted molar refractivity (Wildman–Crippen MR) is 71.0 cm³/mol. The lowest BCUT2D eigenvalue weighted by Gasteiger charge is -2.13. The zero-order valence-electron chi connectivity index (χ0n) is 10.6. The summed E-state index contributed by atoms with van der Waals surface area (Å²) in [5.41, 5.74) is 1.70. The van der Waals surface area contributed by atoms with Crippen LogP contribution in [0.25, 0.3) is 6.08 Å². The predicted octanol–water partition coefficient (Wildman–Crippen LogP) is 3.45. The van der Waals surface area contributed by atoms with Crippen molar-refractivity contribution in [1.29, 1.82) is 0 Å². The minimum Gasteiger partial charge on any atom is -0.349 e. The van der Waals surface area contributed by atoms with Gasteiger partial charge < -0.3 is 5.32 Å². The summed E-state index contributed by atoms with van der Waals surface area (Å²) in [7, 11) is 0. The molecule has 0 bridgehead atoms. The zero-order valence-corrected chi connectivity index (χ0v) is 10.6. The van der Waals surface area contributed by atoms with E-state index in [-0.39, 0.29) is 17.5 Å². The molecule has 0 spiro atoms. The molecule has 0 heterocycles. The van der Waals surface area contributed by atoms with Crippen molar-refractivity contribution >= 4 is 12.0 Å². The lowest BCUT2D eigenvalue weighted by atomic mass is 10.0. The van der Waals surface area contributed by atoms with Gasteiger partial charge >= 0.3 is 0 Å². The number of amides is 1. The molecule has 1 N–H and O–H groups in total. The highest BCUT2D eigenvalue weighted by atomic mass is 19.1. The van der Waals surface area contributed by atoms with Gasteiger partial charge in [-0.05, 0) is 43.0 Å². The minimum absolute atomic E-state index is 0.113. The maximum Gasteiger partial charge on any atom is 0.254 e. The smallest absolute Gasteiger partial charge is 0.254 e. The van der Waals surface area contributed by atoms with Crippen LogP contribution in [0.2, 0.25) is 0 Å². The summed E-state index contributed by atoms with van der Waals surface area (Å²) in [6, 6.07) is 3.16. The van der Waals surface area contributed by atoms with Crippen molar-refractivity contribution in [2.45, 2.75) is 38.6 Å². The number of hydrogen-bond donors (Lipinski definition) is 1. The van der Waals surface area contributed by atoms with E-state index in [0.717, 1.165) is 36.8 Å². The highest BCUT2D eigenvalue weighted by molar-refractivity contribution is 5.95. The maximum atomic E-state index is 13.8. The Morgan fingerprint density at radius 1 is 1.44 bits per heavy atom. The maximum absolute atomic E-state index is 13.8. The number of carbonyl (C=O) groups excluding carboxylic acids is 1. The van der Waals surface area contributed by atoms with Gasteiger partial charge in [-0.25, -0.2) is 4.39 Å². The molecule has 2 nitrogen and oxygen atoms in total. The van der Waals surface area contributed by atoms with Crippen molar-refractivity contribution in [1.82, 2.24) is 5.32 Å². The van der Waals surface area contributed by atoms with Gasteiger partial charge in [-0.3, -0.25) is 4.79 Å². The number of halogens is 1. The van der Waals surface area contributed by atoms with Gasteiger partial charge in [0.2, 0.25) is 0 Å². The molecule has 0 aliphatic heterocycles. The van der Waals surface area contributed by atoms with Crippen molar-refractivity contribution in [2.24, 2.45) is 0 Å². The summed E-state index contributed by atoms with van der Waals surface area (Å²) in [5, 5.41) is 2.89. The fourth-order valence-corrected chi connectivity index (χ4v) is 2.42. The average Bonchev–Trinajstić information content (AvgIpc) is 2.81. The number of carbonyl (C=O) groups is 1. The van der Waals surface area contributed by atoms with Crippen LogP contribution in [0.5, 0.6) is 0 Å².